The zero-order valence-electron chi connectivity index (χ0n) is 14.6. The van der Waals surface area contributed by atoms with E-state index >= 15 is 0 Å². The molecule has 0 unspecified atom stereocenters. The molecule has 0 saturated carbocycles. The summed E-state index contributed by atoms with van der Waals surface area (Å²) in [4.78, 5) is 16.7. The number of fused-ring (bicyclic) bond motifs is 1. The minimum absolute atomic E-state index is 0.172. The Balaban J connectivity index is 1.40. The van der Waals surface area contributed by atoms with E-state index in [1.165, 1.54) is 5.56 Å². The van der Waals surface area contributed by atoms with E-state index in [2.05, 4.69) is 33.1 Å². The first-order valence-corrected chi connectivity index (χ1v) is 9.09. The van der Waals surface area contributed by atoms with Crippen LogP contribution in [0.3, 0.4) is 0 Å². The molecular weight excluding hydrogens is 358 g/mol. The zero-order valence-corrected chi connectivity index (χ0v) is 15.4. The summed E-state index contributed by atoms with van der Waals surface area (Å²) in [5.41, 5.74) is 4.82. The van der Waals surface area contributed by atoms with E-state index in [1.54, 1.807) is 24.3 Å². The smallest absolute Gasteiger partial charge is 0.253 e. The lowest BCUT2D eigenvalue weighted by atomic mass is 10.1. The molecule has 1 aromatic heterocycles. The third kappa shape index (κ3) is 3.86. The van der Waals surface area contributed by atoms with Crippen LogP contribution in [0.5, 0.6) is 0 Å². The molecule has 0 spiro atoms. The Bertz CT molecular complexity index is 1090. The minimum Gasteiger partial charge on any atom is -0.348 e. The summed E-state index contributed by atoms with van der Waals surface area (Å²) in [6.45, 7) is 1.21. The second-order valence-electron chi connectivity index (χ2n) is 6.34. The quantitative estimate of drug-likeness (QED) is 0.551. The lowest BCUT2D eigenvalue weighted by Crippen LogP contribution is -2.23. The Hall–Kier alpha value is -3.11. The van der Waals surface area contributed by atoms with Gasteiger partial charge in [-0.2, -0.15) is 0 Å². The molecule has 0 atom stereocenters. The average Bonchev–Trinajstić information content (AvgIpc) is 3.10. The maximum atomic E-state index is 12.2. The molecule has 0 aliphatic heterocycles. The summed E-state index contributed by atoms with van der Waals surface area (Å²) >= 11 is 6.06. The van der Waals surface area contributed by atoms with Gasteiger partial charge in [0, 0.05) is 13.1 Å². The van der Waals surface area contributed by atoms with Gasteiger partial charge in [0.2, 0.25) is 0 Å². The van der Waals surface area contributed by atoms with Crippen molar-refractivity contribution in [1.29, 1.82) is 0 Å². The molecule has 3 aromatic carbocycles. The number of hydrogen-bond donors (Lipinski definition) is 1. The van der Waals surface area contributed by atoms with Crippen LogP contribution < -0.4 is 5.32 Å². The van der Waals surface area contributed by atoms with Crippen LogP contribution in [0.25, 0.3) is 11.0 Å². The van der Waals surface area contributed by atoms with E-state index in [0.717, 1.165) is 23.1 Å². The molecule has 1 heterocycles. The van der Waals surface area contributed by atoms with Crippen molar-refractivity contribution in [2.75, 3.05) is 0 Å². The van der Waals surface area contributed by atoms with Gasteiger partial charge in [0.25, 0.3) is 5.91 Å². The van der Waals surface area contributed by atoms with Crippen LogP contribution in [0.15, 0.2) is 79.1 Å². The average molecular weight is 376 g/mol. The number of imidazole rings is 1. The Morgan fingerprint density at radius 2 is 1.63 bits per heavy atom. The molecule has 0 aliphatic rings. The normalized spacial score (nSPS) is 10.9. The summed E-state index contributed by atoms with van der Waals surface area (Å²) < 4.78 is 2.13. The highest BCUT2D eigenvalue weighted by Crippen LogP contribution is 2.16. The number of nitrogens with one attached hydrogen (secondary N) is 1. The predicted octanol–water partition coefficient (Wildman–Crippen LogP) is 4.67. The number of amides is 1. The maximum Gasteiger partial charge on any atom is 0.253 e. The molecule has 4 aromatic rings. The van der Waals surface area contributed by atoms with Gasteiger partial charge < -0.3 is 9.88 Å². The molecule has 1 amide bonds. The topological polar surface area (TPSA) is 46.9 Å². The summed E-state index contributed by atoms with van der Waals surface area (Å²) in [5.74, 6) is -0.172. The van der Waals surface area contributed by atoms with E-state index in [-0.39, 0.29) is 5.91 Å². The molecular formula is C22H18ClN3O. The molecule has 0 saturated heterocycles. The van der Waals surface area contributed by atoms with Gasteiger partial charge in [0.1, 0.15) is 0 Å². The Kier molecular flexibility index (Phi) is 4.90. The van der Waals surface area contributed by atoms with Gasteiger partial charge in [-0.25, -0.2) is 4.98 Å². The molecule has 27 heavy (non-hydrogen) atoms. The summed E-state index contributed by atoms with van der Waals surface area (Å²) in [7, 11) is 0. The van der Waals surface area contributed by atoms with Crippen molar-refractivity contribution >= 4 is 28.5 Å². The van der Waals surface area contributed by atoms with Crippen molar-refractivity contribution in [2.24, 2.45) is 0 Å². The van der Waals surface area contributed by atoms with Crippen molar-refractivity contribution in [3.63, 3.8) is 0 Å². The highest BCUT2D eigenvalue weighted by Gasteiger charge is 2.09. The second-order valence-corrected chi connectivity index (χ2v) is 6.75. The van der Waals surface area contributed by atoms with Gasteiger partial charge >= 0.3 is 0 Å². The first kappa shape index (κ1) is 17.3. The monoisotopic (exact) mass is 375 g/mol. The van der Waals surface area contributed by atoms with Gasteiger partial charge in [-0.3, -0.25) is 4.79 Å². The van der Waals surface area contributed by atoms with Gasteiger partial charge in [-0.1, -0.05) is 60.1 Å². The standard InChI is InChI=1S/C22H18ClN3O/c23-19-6-2-1-5-18(19)22(27)24-13-16-9-11-17(12-10-16)14-26-15-25-20-7-3-4-8-21(20)26/h1-12,15H,13-14H2,(H,24,27). The Morgan fingerprint density at radius 1 is 0.926 bits per heavy atom. The van der Waals surface area contributed by atoms with Crippen LogP contribution in [-0.2, 0) is 13.1 Å². The number of carbonyl (C=O) groups excluding carboxylic acids is 1. The Labute approximate surface area is 162 Å². The van der Waals surface area contributed by atoms with Crippen LogP contribution in [0, 0.1) is 0 Å². The highest BCUT2D eigenvalue weighted by molar-refractivity contribution is 6.33. The Morgan fingerprint density at radius 3 is 2.44 bits per heavy atom. The van der Waals surface area contributed by atoms with Crippen molar-refractivity contribution in [1.82, 2.24) is 14.9 Å². The number of aromatic nitrogens is 2. The second kappa shape index (κ2) is 7.64. The summed E-state index contributed by atoms with van der Waals surface area (Å²) in [6.07, 6.45) is 1.86. The van der Waals surface area contributed by atoms with Crippen molar-refractivity contribution in [2.45, 2.75) is 13.1 Å². The van der Waals surface area contributed by atoms with Crippen LogP contribution in [0.1, 0.15) is 21.5 Å². The third-order valence-corrected chi connectivity index (χ3v) is 4.80. The van der Waals surface area contributed by atoms with E-state index in [9.17, 15) is 4.79 Å². The molecule has 134 valence electrons. The molecule has 0 fully saturated rings. The third-order valence-electron chi connectivity index (χ3n) is 4.47. The fraction of sp³-hybridized carbons (Fsp3) is 0.0909. The molecule has 0 aliphatic carbocycles. The fourth-order valence-corrected chi connectivity index (χ4v) is 3.24. The molecule has 5 heteroatoms. The first-order chi connectivity index (χ1) is 13.2. The number of halogens is 1. The highest BCUT2D eigenvalue weighted by atomic mass is 35.5. The van der Waals surface area contributed by atoms with Gasteiger partial charge in [-0.15, -0.1) is 0 Å². The van der Waals surface area contributed by atoms with Crippen LogP contribution >= 0.6 is 11.6 Å². The van der Waals surface area contributed by atoms with Crippen molar-refractivity contribution < 1.29 is 4.79 Å². The largest absolute Gasteiger partial charge is 0.348 e. The molecule has 4 rings (SSSR count). The number of rotatable bonds is 5. The summed E-state index contributed by atoms with van der Waals surface area (Å²) in [5, 5.41) is 3.36. The molecule has 0 bridgehead atoms. The van der Waals surface area contributed by atoms with E-state index in [4.69, 9.17) is 11.6 Å². The number of nitrogens with zero attached hydrogens (tertiary/aromatic N) is 2. The van der Waals surface area contributed by atoms with Crippen molar-refractivity contribution in [3.8, 4) is 0 Å². The maximum absolute atomic E-state index is 12.2. The summed E-state index contributed by atoms with van der Waals surface area (Å²) in [6, 6.07) is 23.3. The zero-order chi connectivity index (χ0) is 18.6. The number of para-hydroxylation sites is 2. The first-order valence-electron chi connectivity index (χ1n) is 8.71. The van der Waals surface area contributed by atoms with Crippen LogP contribution in [0.2, 0.25) is 5.02 Å². The lowest BCUT2D eigenvalue weighted by Gasteiger charge is -2.08. The van der Waals surface area contributed by atoms with Gasteiger partial charge in [-0.05, 0) is 35.4 Å². The van der Waals surface area contributed by atoms with Gasteiger partial charge in [0.05, 0.1) is 27.9 Å². The fourth-order valence-electron chi connectivity index (χ4n) is 3.02. The molecule has 0 radical (unpaired) electrons. The van der Waals surface area contributed by atoms with Crippen LogP contribution in [0.4, 0.5) is 0 Å². The van der Waals surface area contributed by atoms with E-state index in [1.807, 2.05) is 36.7 Å². The van der Waals surface area contributed by atoms with Crippen LogP contribution in [-0.4, -0.2) is 15.5 Å². The van der Waals surface area contributed by atoms with Crippen molar-refractivity contribution in [3.05, 3.63) is 101 Å². The molecule has 1 N–H and O–H groups in total. The minimum atomic E-state index is -0.172. The van der Waals surface area contributed by atoms with Gasteiger partial charge in [0.15, 0.2) is 0 Å². The molecule has 4 nitrogen and oxygen atoms in total. The number of carbonyl (C=O) groups is 1. The number of hydrogen-bond acceptors (Lipinski definition) is 2. The van der Waals surface area contributed by atoms with E-state index in [0.29, 0.717) is 17.1 Å². The number of benzene rings is 3. The predicted molar refractivity (Wildman–Crippen MR) is 108 cm³/mol. The lowest BCUT2D eigenvalue weighted by molar-refractivity contribution is 0.0951. The van der Waals surface area contributed by atoms with E-state index < -0.39 is 0 Å². The SMILES string of the molecule is O=C(NCc1ccc(Cn2cnc3ccccc32)cc1)c1ccccc1Cl.